The summed E-state index contributed by atoms with van der Waals surface area (Å²) >= 11 is 3.15. The summed E-state index contributed by atoms with van der Waals surface area (Å²) < 4.78 is 12.2. The van der Waals surface area contributed by atoms with Crippen molar-refractivity contribution in [2.24, 2.45) is 0 Å². The topological polar surface area (TPSA) is 75.0 Å². The van der Waals surface area contributed by atoms with Crippen molar-refractivity contribution in [3.8, 4) is 27.8 Å². The Hall–Kier alpha value is -2.91. The van der Waals surface area contributed by atoms with Crippen molar-refractivity contribution in [3.05, 3.63) is 59.6 Å². The molecule has 2 heterocycles. The smallest absolute Gasteiger partial charge is 0.214 e. The summed E-state index contributed by atoms with van der Waals surface area (Å²) in [6, 6.07) is 15.5. The van der Waals surface area contributed by atoms with Gasteiger partial charge in [0.2, 0.25) is 5.16 Å². The molecule has 9 heteroatoms. The van der Waals surface area contributed by atoms with Gasteiger partial charge < -0.3 is 9.47 Å². The number of thiazole rings is 1. The van der Waals surface area contributed by atoms with E-state index in [0.29, 0.717) is 10.9 Å². The molecule has 0 N–H and O–H groups in total. The standard InChI is InChI=1S/C19H17N5O2S2/c1-25-16-8-6-15(7-9-16)24-19(21-22-23-24)28-12-14-11-27-18(20-14)13-4-3-5-17(10-13)26-2/h3-11H,12H2,1-2H3. The average molecular weight is 412 g/mol. The molecule has 0 aliphatic rings. The molecule has 0 fully saturated rings. The van der Waals surface area contributed by atoms with Crippen LogP contribution in [0.25, 0.3) is 16.3 Å². The number of nitrogens with zero attached hydrogens (tertiary/aromatic N) is 5. The normalized spacial score (nSPS) is 10.8. The van der Waals surface area contributed by atoms with Gasteiger partial charge in [0, 0.05) is 16.7 Å². The fraction of sp³-hybridized carbons (Fsp3) is 0.158. The van der Waals surface area contributed by atoms with Gasteiger partial charge in [0.15, 0.2) is 0 Å². The summed E-state index contributed by atoms with van der Waals surface area (Å²) in [5.74, 6) is 2.29. The van der Waals surface area contributed by atoms with E-state index in [4.69, 9.17) is 14.5 Å². The van der Waals surface area contributed by atoms with Crippen molar-refractivity contribution in [1.29, 1.82) is 0 Å². The first kappa shape index (κ1) is 18.5. The highest BCUT2D eigenvalue weighted by Gasteiger charge is 2.12. The van der Waals surface area contributed by atoms with E-state index >= 15 is 0 Å². The summed E-state index contributed by atoms with van der Waals surface area (Å²) in [4.78, 5) is 4.73. The molecule has 0 atom stereocenters. The third-order valence-electron chi connectivity index (χ3n) is 3.98. The van der Waals surface area contributed by atoms with Crippen LogP contribution in [-0.2, 0) is 5.75 Å². The molecule has 4 aromatic rings. The van der Waals surface area contributed by atoms with Gasteiger partial charge in [-0.3, -0.25) is 0 Å². The maximum absolute atomic E-state index is 5.29. The number of ether oxygens (including phenoxy) is 2. The van der Waals surface area contributed by atoms with Crippen molar-refractivity contribution in [1.82, 2.24) is 25.2 Å². The van der Waals surface area contributed by atoms with Gasteiger partial charge in [0.1, 0.15) is 16.5 Å². The van der Waals surface area contributed by atoms with E-state index in [-0.39, 0.29) is 0 Å². The molecule has 0 spiro atoms. The number of tetrazole rings is 1. The maximum Gasteiger partial charge on any atom is 0.214 e. The van der Waals surface area contributed by atoms with Crippen LogP contribution in [0.3, 0.4) is 0 Å². The summed E-state index contributed by atoms with van der Waals surface area (Å²) in [5.41, 5.74) is 2.91. The molecule has 7 nitrogen and oxygen atoms in total. The summed E-state index contributed by atoms with van der Waals surface area (Å²) in [5, 5.41) is 15.8. The lowest BCUT2D eigenvalue weighted by molar-refractivity contribution is 0.414. The Bertz CT molecular complexity index is 1060. The van der Waals surface area contributed by atoms with Gasteiger partial charge in [-0.1, -0.05) is 23.9 Å². The first-order valence-corrected chi connectivity index (χ1v) is 10.3. The largest absolute Gasteiger partial charge is 0.497 e. The van der Waals surface area contributed by atoms with Gasteiger partial charge in [0.05, 0.1) is 25.6 Å². The van der Waals surface area contributed by atoms with Crippen LogP contribution in [0.1, 0.15) is 5.69 Å². The molecule has 0 saturated carbocycles. The number of hydrogen-bond acceptors (Lipinski definition) is 8. The van der Waals surface area contributed by atoms with Gasteiger partial charge >= 0.3 is 0 Å². The minimum absolute atomic E-state index is 0.678. The van der Waals surface area contributed by atoms with E-state index in [1.807, 2.05) is 48.5 Å². The minimum atomic E-state index is 0.678. The number of aromatic nitrogens is 5. The van der Waals surface area contributed by atoms with E-state index in [1.165, 1.54) is 0 Å². The molecule has 0 aliphatic heterocycles. The lowest BCUT2D eigenvalue weighted by Crippen LogP contribution is -1.99. The zero-order valence-corrected chi connectivity index (χ0v) is 16.9. The molecule has 2 aromatic carbocycles. The molecule has 0 radical (unpaired) electrons. The highest BCUT2D eigenvalue weighted by molar-refractivity contribution is 7.98. The van der Waals surface area contributed by atoms with Crippen LogP contribution in [0.5, 0.6) is 11.5 Å². The second kappa shape index (κ2) is 8.41. The van der Waals surface area contributed by atoms with Crippen LogP contribution in [0.15, 0.2) is 59.1 Å². The third-order valence-corrected chi connectivity index (χ3v) is 5.87. The van der Waals surface area contributed by atoms with E-state index < -0.39 is 0 Å². The fourth-order valence-corrected chi connectivity index (χ4v) is 4.26. The number of thioether (sulfide) groups is 1. The molecule has 0 unspecified atom stereocenters. The molecule has 4 rings (SSSR count). The van der Waals surface area contributed by atoms with Gasteiger partial charge in [-0.25, -0.2) is 4.98 Å². The number of benzene rings is 2. The lowest BCUT2D eigenvalue weighted by Gasteiger charge is -2.05. The van der Waals surface area contributed by atoms with Gasteiger partial charge in [-0.05, 0) is 46.8 Å². The summed E-state index contributed by atoms with van der Waals surface area (Å²) in [6.45, 7) is 0. The SMILES string of the molecule is COc1ccc(-n2nnnc2SCc2csc(-c3cccc(OC)c3)n2)cc1. The predicted octanol–water partition coefficient (Wildman–Crippen LogP) is 4.10. The van der Waals surface area contributed by atoms with Gasteiger partial charge in [-0.2, -0.15) is 4.68 Å². The average Bonchev–Trinajstić information content (AvgIpc) is 3.42. The molecule has 2 aromatic heterocycles. The first-order chi connectivity index (χ1) is 13.8. The Kier molecular flexibility index (Phi) is 5.54. The van der Waals surface area contributed by atoms with Crippen LogP contribution in [0, 0.1) is 0 Å². The number of methoxy groups -OCH3 is 2. The maximum atomic E-state index is 5.29. The van der Waals surface area contributed by atoms with Crippen molar-refractivity contribution in [2.75, 3.05) is 14.2 Å². The van der Waals surface area contributed by atoms with Gasteiger partial charge in [-0.15, -0.1) is 16.4 Å². The Labute approximate surface area is 170 Å². The van der Waals surface area contributed by atoms with Crippen LogP contribution in [0.4, 0.5) is 0 Å². The Morgan fingerprint density at radius 1 is 1.04 bits per heavy atom. The van der Waals surface area contributed by atoms with Gasteiger partial charge in [0.25, 0.3) is 0 Å². The number of rotatable bonds is 7. The van der Waals surface area contributed by atoms with Crippen molar-refractivity contribution < 1.29 is 9.47 Å². The quantitative estimate of drug-likeness (QED) is 0.424. The monoisotopic (exact) mass is 411 g/mol. The van der Waals surface area contributed by atoms with Crippen LogP contribution in [0.2, 0.25) is 0 Å². The third kappa shape index (κ3) is 4.00. The molecule has 0 saturated heterocycles. The second-order valence-corrected chi connectivity index (χ2v) is 7.54. The summed E-state index contributed by atoms with van der Waals surface area (Å²) in [7, 11) is 3.30. The highest BCUT2D eigenvalue weighted by atomic mass is 32.2. The zero-order chi connectivity index (χ0) is 19.3. The Balaban J connectivity index is 1.47. The van der Waals surface area contributed by atoms with Crippen molar-refractivity contribution >= 4 is 23.1 Å². The second-order valence-electron chi connectivity index (χ2n) is 5.74. The Morgan fingerprint density at radius 2 is 1.86 bits per heavy atom. The van der Waals surface area contributed by atoms with Crippen molar-refractivity contribution in [3.63, 3.8) is 0 Å². The highest BCUT2D eigenvalue weighted by Crippen LogP contribution is 2.29. The predicted molar refractivity (Wildman–Crippen MR) is 109 cm³/mol. The first-order valence-electron chi connectivity index (χ1n) is 8.41. The van der Waals surface area contributed by atoms with Crippen LogP contribution in [-0.4, -0.2) is 39.4 Å². The molecule has 0 amide bonds. The molecular weight excluding hydrogens is 394 g/mol. The molecule has 142 valence electrons. The number of hydrogen-bond donors (Lipinski definition) is 0. The molecule has 0 bridgehead atoms. The lowest BCUT2D eigenvalue weighted by atomic mass is 10.2. The van der Waals surface area contributed by atoms with Crippen LogP contribution >= 0.6 is 23.1 Å². The zero-order valence-electron chi connectivity index (χ0n) is 15.3. The van der Waals surface area contributed by atoms with E-state index in [9.17, 15) is 0 Å². The van der Waals surface area contributed by atoms with Crippen molar-refractivity contribution in [2.45, 2.75) is 10.9 Å². The van der Waals surface area contributed by atoms with E-state index in [0.717, 1.165) is 33.5 Å². The summed E-state index contributed by atoms with van der Waals surface area (Å²) in [6.07, 6.45) is 0. The minimum Gasteiger partial charge on any atom is -0.497 e. The van der Waals surface area contributed by atoms with E-state index in [1.54, 1.807) is 42.0 Å². The Morgan fingerprint density at radius 3 is 2.64 bits per heavy atom. The molecule has 28 heavy (non-hydrogen) atoms. The van der Waals surface area contributed by atoms with Crippen LogP contribution < -0.4 is 9.47 Å². The molecule has 0 aliphatic carbocycles. The van der Waals surface area contributed by atoms with E-state index in [2.05, 4.69) is 20.9 Å². The fourth-order valence-electron chi connectivity index (χ4n) is 2.55. The molecular formula is C19H17N5O2S2.